The third-order valence-electron chi connectivity index (χ3n) is 3.51. The van der Waals surface area contributed by atoms with Crippen molar-refractivity contribution in [3.05, 3.63) is 35.4 Å². The highest BCUT2D eigenvalue weighted by molar-refractivity contribution is 8.00. The van der Waals surface area contributed by atoms with Gasteiger partial charge in [0.15, 0.2) is 0 Å². The van der Waals surface area contributed by atoms with Crippen LogP contribution in [0.3, 0.4) is 0 Å². The second kappa shape index (κ2) is 6.85. The van der Waals surface area contributed by atoms with Gasteiger partial charge in [0.05, 0.1) is 5.37 Å². The van der Waals surface area contributed by atoms with Gasteiger partial charge in [0, 0.05) is 12.3 Å². The number of rotatable bonds is 4. The molecule has 2 rings (SSSR count). The van der Waals surface area contributed by atoms with Crippen LogP contribution in [0.5, 0.6) is 0 Å². The predicted octanol–water partition coefficient (Wildman–Crippen LogP) is 2.10. The molecule has 114 valence electrons. The first-order valence-corrected chi connectivity index (χ1v) is 8.00. The van der Waals surface area contributed by atoms with Crippen molar-refractivity contribution < 1.29 is 14.7 Å². The fraction of sp³-hybridized carbons (Fsp3) is 0.467. The Hall–Kier alpha value is -1.69. The number of hydrogen-bond donors (Lipinski definition) is 2. The molecule has 1 aromatic carbocycles. The van der Waals surface area contributed by atoms with E-state index in [1.807, 2.05) is 32.0 Å². The number of benzene rings is 1. The number of thioether (sulfide) groups is 1. The molecule has 1 aromatic rings. The fourth-order valence-corrected chi connectivity index (χ4v) is 3.58. The highest BCUT2D eigenvalue weighted by Crippen LogP contribution is 2.28. The molecule has 21 heavy (non-hydrogen) atoms. The number of urea groups is 1. The Labute approximate surface area is 128 Å². The SMILES string of the molecule is Cc1cccc(CCNC(=O)N2C(C)SCC2C(=O)O)c1. The quantitative estimate of drug-likeness (QED) is 0.893. The molecule has 0 bridgehead atoms. The first-order valence-electron chi connectivity index (χ1n) is 6.95. The van der Waals surface area contributed by atoms with Crippen molar-refractivity contribution in [2.75, 3.05) is 12.3 Å². The van der Waals surface area contributed by atoms with Gasteiger partial charge >= 0.3 is 12.0 Å². The van der Waals surface area contributed by atoms with Gasteiger partial charge in [0.25, 0.3) is 0 Å². The second-order valence-corrected chi connectivity index (χ2v) is 6.51. The number of aryl methyl sites for hydroxylation is 1. The summed E-state index contributed by atoms with van der Waals surface area (Å²) in [6.07, 6.45) is 0.737. The van der Waals surface area contributed by atoms with Gasteiger partial charge in [0.2, 0.25) is 0 Å². The number of aliphatic carboxylic acids is 1. The van der Waals surface area contributed by atoms with E-state index in [-0.39, 0.29) is 11.4 Å². The number of carboxylic acid groups (broad SMARTS) is 1. The molecule has 0 saturated carbocycles. The summed E-state index contributed by atoms with van der Waals surface area (Å²) in [7, 11) is 0. The summed E-state index contributed by atoms with van der Waals surface area (Å²) in [4.78, 5) is 24.7. The van der Waals surface area contributed by atoms with Crippen LogP contribution >= 0.6 is 11.8 Å². The maximum Gasteiger partial charge on any atom is 0.327 e. The molecule has 5 nitrogen and oxygen atoms in total. The van der Waals surface area contributed by atoms with Crippen molar-refractivity contribution in [2.24, 2.45) is 0 Å². The lowest BCUT2D eigenvalue weighted by Crippen LogP contribution is -2.49. The molecular weight excluding hydrogens is 288 g/mol. The average molecular weight is 308 g/mol. The largest absolute Gasteiger partial charge is 0.480 e. The van der Waals surface area contributed by atoms with E-state index < -0.39 is 12.0 Å². The number of nitrogens with zero attached hydrogens (tertiary/aromatic N) is 1. The van der Waals surface area contributed by atoms with Gasteiger partial charge in [-0.15, -0.1) is 11.8 Å². The van der Waals surface area contributed by atoms with Crippen LogP contribution in [0.4, 0.5) is 4.79 Å². The fourth-order valence-electron chi connectivity index (χ4n) is 2.41. The summed E-state index contributed by atoms with van der Waals surface area (Å²) in [6.45, 7) is 4.39. The van der Waals surface area contributed by atoms with Crippen LogP contribution in [0.15, 0.2) is 24.3 Å². The Morgan fingerprint density at radius 3 is 2.90 bits per heavy atom. The molecule has 1 aliphatic heterocycles. The maximum atomic E-state index is 12.2. The van der Waals surface area contributed by atoms with Crippen molar-refractivity contribution in [3.8, 4) is 0 Å². The monoisotopic (exact) mass is 308 g/mol. The molecule has 2 unspecified atom stereocenters. The Balaban J connectivity index is 1.88. The third kappa shape index (κ3) is 3.91. The number of carbonyl (C=O) groups is 2. The molecule has 1 heterocycles. The van der Waals surface area contributed by atoms with Gasteiger partial charge in [-0.1, -0.05) is 29.8 Å². The minimum atomic E-state index is -0.944. The molecule has 1 saturated heterocycles. The summed E-state index contributed by atoms with van der Waals surface area (Å²) in [6, 6.07) is 7.10. The molecule has 0 spiro atoms. The molecule has 0 radical (unpaired) electrons. The Kier molecular flexibility index (Phi) is 5.12. The van der Waals surface area contributed by atoms with Crippen LogP contribution in [0, 0.1) is 6.92 Å². The molecular formula is C15H20N2O3S. The number of carbonyl (C=O) groups excluding carboxylic acids is 1. The third-order valence-corrected chi connectivity index (χ3v) is 4.73. The first-order chi connectivity index (χ1) is 9.99. The maximum absolute atomic E-state index is 12.2. The van der Waals surface area contributed by atoms with E-state index in [2.05, 4.69) is 11.4 Å². The number of nitrogens with one attached hydrogen (secondary N) is 1. The average Bonchev–Trinajstić information content (AvgIpc) is 2.81. The lowest BCUT2D eigenvalue weighted by molar-refractivity contribution is -0.141. The van der Waals surface area contributed by atoms with E-state index >= 15 is 0 Å². The molecule has 6 heteroatoms. The summed E-state index contributed by atoms with van der Waals surface area (Å²) < 4.78 is 0. The Bertz CT molecular complexity index is 535. The van der Waals surface area contributed by atoms with E-state index in [0.29, 0.717) is 12.3 Å². The van der Waals surface area contributed by atoms with Crippen LogP contribution in [-0.2, 0) is 11.2 Å². The van der Waals surface area contributed by atoms with Crippen molar-refractivity contribution in [1.29, 1.82) is 0 Å². The Morgan fingerprint density at radius 2 is 2.24 bits per heavy atom. The molecule has 1 fully saturated rings. The lowest BCUT2D eigenvalue weighted by atomic mass is 10.1. The van der Waals surface area contributed by atoms with Crippen LogP contribution in [0.1, 0.15) is 18.1 Å². The summed E-state index contributed by atoms with van der Waals surface area (Å²) in [5.41, 5.74) is 2.35. The van der Waals surface area contributed by atoms with Gasteiger partial charge in [0.1, 0.15) is 6.04 Å². The van der Waals surface area contributed by atoms with E-state index in [1.165, 1.54) is 22.2 Å². The standard InChI is InChI=1S/C15H20N2O3S/c1-10-4-3-5-12(8-10)6-7-16-15(20)17-11(2)21-9-13(17)14(18)19/h3-5,8,11,13H,6-7,9H2,1-2H3,(H,16,20)(H,18,19). The smallest absolute Gasteiger partial charge is 0.327 e. The van der Waals surface area contributed by atoms with E-state index in [9.17, 15) is 9.59 Å². The van der Waals surface area contributed by atoms with Crippen LogP contribution in [-0.4, -0.2) is 45.7 Å². The van der Waals surface area contributed by atoms with Gasteiger partial charge in [-0.2, -0.15) is 0 Å². The minimum Gasteiger partial charge on any atom is -0.480 e. The molecule has 0 aliphatic carbocycles. The van der Waals surface area contributed by atoms with E-state index in [0.717, 1.165) is 12.0 Å². The number of carboxylic acids is 1. The second-order valence-electron chi connectivity index (χ2n) is 5.16. The van der Waals surface area contributed by atoms with Gasteiger partial charge in [-0.3, -0.25) is 4.90 Å². The summed E-state index contributed by atoms with van der Waals surface area (Å²) >= 11 is 1.49. The molecule has 2 amide bonds. The van der Waals surface area contributed by atoms with Crippen molar-refractivity contribution >= 4 is 23.8 Å². The van der Waals surface area contributed by atoms with Gasteiger partial charge in [-0.25, -0.2) is 9.59 Å². The lowest BCUT2D eigenvalue weighted by Gasteiger charge is -2.25. The van der Waals surface area contributed by atoms with Gasteiger partial charge < -0.3 is 10.4 Å². The topological polar surface area (TPSA) is 69.6 Å². The highest BCUT2D eigenvalue weighted by Gasteiger charge is 2.39. The van der Waals surface area contributed by atoms with Crippen LogP contribution in [0.2, 0.25) is 0 Å². The zero-order valence-electron chi connectivity index (χ0n) is 12.2. The molecule has 0 aromatic heterocycles. The molecule has 2 N–H and O–H groups in total. The number of amides is 2. The highest BCUT2D eigenvalue weighted by atomic mass is 32.2. The zero-order valence-corrected chi connectivity index (χ0v) is 13.0. The van der Waals surface area contributed by atoms with E-state index in [1.54, 1.807) is 0 Å². The summed E-state index contributed by atoms with van der Waals surface area (Å²) in [5.74, 6) is -0.498. The summed E-state index contributed by atoms with van der Waals surface area (Å²) in [5, 5.41) is 11.9. The molecule has 1 aliphatic rings. The van der Waals surface area contributed by atoms with Crippen LogP contribution in [0.25, 0.3) is 0 Å². The minimum absolute atomic E-state index is 0.106. The van der Waals surface area contributed by atoms with E-state index in [4.69, 9.17) is 5.11 Å². The predicted molar refractivity (Wildman–Crippen MR) is 83.5 cm³/mol. The first kappa shape index (κ1) is 15.7. The van der Waals surface area contributed by atoms with Gasteiger partial charge in [-0.05, 0) is 25.8 Å². The zero-order chi connectivity index (χ0) is 15.4. The van der Waals surface area contributed by atoms with Crippen molar-refractivity contribution in [1.82, 2.24) is 10.2 Å². The number of hydrogen-bond acceptors (Lipinski definition) is 3. The molecule has 2 atom stereocenters. The normalized spacial score (nSPS) is 21.3. The van der Waals surface area contributed by atoms with Crippen molar-refractivity contribution in [2.45, 2.75) is 31.7 Å². The van der Waals surface area contributed by atoms with Crippen molar-refractivity contribution in [3.63, 3.8) is 0 Å². The Morgan fingerprint density at radius 1 is 1.48 bits per heavy atom. The van der Waals surface area contributed by atoms with Crippen LogP contribution < -0.4 is 5.32 Å².